The average molecular weight is 233 g/mol. The molecule has 0 bridgehead atoms. The molecule has 0 heterocycles. The van der Waals surface area contributed by atoms with Crippen LogP contribution in [-0.2, 0) is 6.54 Å². The Balaban J connectivity index is 2.10. The van der Waals surface area contributed by atoms with Gasteiger partial charge in [-0.25, -0.2) is 8.78 Å². The van der Waals surface area contributed by atoms with Crippen LogP contribution in [0.1, 0.15) is 11.1 Å². The molecule has 0 fully saturated rings. The van der Waals surface area contributed by atoms with Crippen LogP contribution in [0.3, 0.4) is 0 Å². The average Bonchev–Trinajstić information content (AvgIpc) is 2.30. The van der Waals surface area contributed by atoms with Crippen LogP contribution in [0.5, 0.6) is 0 Å². The molecule has 0 aromatic heterocycles. The highest BCUT2D eigenvalue weighted by Gasteiger charge is 2.03. The highest BCUT2D eigenvalue weighted by Crippen LogP contribution is 2.16. The molecule has 0 saturated carbocycles. The molecule has 1 nitrogen and oxygen atoms in total. The fourth-order valence-electron chi connectivity index (χ4n) is 1.63. The van der Waals surface area contributed by atoms with Gasteiger partial charge in [-0.2, -0.15) is 0 Å². The van der Waals surface area contributed by atoms with Gasteiger partial charge in [0.05, 0.1) is 5.69 Å². The summed E-state index contributed by atoms with van der Waals surface area (Å²) in [6, 6.07) is 11.4. The molecular weight excluding hydrogens is 220 g/mol. The zero-order valence-electron chi connectivity index (χ0n) is 9.50. The SMILES string of the molecule is Cc1ccccc1CNc1ccc(F)cc1F. The van der Waals surface area contributed by atoms with Crippen molar-refractivity contribution in [2.24, 2.45) is 0 Å². The lowest BCUT2D eigenvalue weighted by molar-refractivity contribution is 0.585. The van der Waals surface area contributed by atoms with Gasteiger partial charge in [0, 0.05) is 12.6 Å². The lowest BCUT2D eigenvalue weighted by Crippen LogP contribution is -2.03. The second-order valence-corrected chi connectivity index (χ2v) is 3.90. The van der Waals surface area contributed by atoms with Crippen molar-refractivity contribution >= 4 is 5.69 Å². The summed E-state index contributed by atoms with van der Waals surface area (Å²) in [6.45, 7) is 2.52. The molecule has 0 radical (unpaired) electrons. The maximum absolute atomic E-state index is 13.4. The summed E-state index contributed by atoms with van der Waals surface area (Å²) in [5.41, 5.74) is 2.55. The van der Waals surface area contributed by atoms with E-state index in [2.05, 4.69) is 5.32 Å². The van der Waals surface area contributed by atoms with Crippen molar-refractivity contribution in [3.8, 4) is 0 Å². The summed E-state index contributed by atoms with van der Waals surface area (Å²) >= 11 is 0. The van der Waals surface area contributed by atoms with Gasteiger partial charge in [0.25, 0.3) is 0 Å². The van der Waals surface area contributed by atoms with Crippen LogP contribution in [0.4, 0.5) is 14.5 Å². The van der Waals surface area contributed by atoms with E-state index in [1.54, 1.807) is 0 Å². The number of hydrogen-bond donors (Lipinski definition) is 1. The Hall–Kier alpha value is -1.90. The number of nitrogens with one attached hydrogen (secondary N) is 1. The first-order valence-corrected chi connectivity index (χ1v) is 5.40. The van der Waals surface area contributed by atoms with Crippen LogP contribution in [0, 0.1) is 18.6 Å². The largest absolute Gasteiger partial charge is 0.379 e. The molecule has 2 aromatic carbocycles. The molecule has 17 heavy (non-hydrogen) atoms. The Kier molecular flexibility index (Phi) is 3.38. The maximum Gasteiger partial charge on any atom is 0.149 e. The molecule has 0 saturated heterocycles. The van der Waals surface area contributed by atoms with Gasteiger partial charge < -0.3 is 5.32 Å². The predicted molar refractivity (Wildman–Crippen MR) is 64.9 cm³/mol. The molecule has 0 aliphatic rings. The summed E-state index contributed by atoms with van der Waals surface area (Å²) < 4.78 is 26.1. The van der Waals surface area contributed by atoms with Crippen molar-refractivity contribution < 1.29 is 8.78 Å². The number of hydrogen-bond acceptors (Lipinski definition) is 1. The van der Waals surface area contributed by atoms with Crippen LogP contribution in [0.25, 0.3) is 0 Å². The van der Waals surface area contributed by atoms with E-state index in [4.69, 9.17) is 0 Å². The number of aryl methyl sites for hydroxylation is 1. The zero-order chi connectivity index (χ0) is 12.3. The van der Waals surface area contributed by atoms with E-state index in [9.17, 15) is 8.78 Å². The van der Waals surface area contributed by atoms with E-state index in [1.807, 2.05) is 31.2 Å². The minimum atomic E-state index is -0.571. The minimum absolute atomic E-state index is 0.314. The van der Waals surface area contributed by atoms with E-state index >= 15 is 0 Å². The van der Waals surface area contributed by atoms with Crippen LogP contribution in [0.15, 0.2) is 42.5 Å². The van der Waals surface area contributed by atoms with Gasteiger partial charge in [0.1, 0.15) is 11.6 Å². The van der Waals surface area contributed by atoms with Crippen molar-refractivity contribution in [2.75, 3.05) is 5.32 Å². The molecule has 2 rings (SSSR count). The van der Waals surface area contributed by atoms with E-state index in [-0.39, 0.29) is 0 Å². The number of halogens is 2. The third-order valence-electron chi connectivity index (χ3n) is 2.66. The van der Waals surface area contributed by atoms with E-state index < -0.39 is 11.6 Å². The van der Waals surface area contributed by atoms with Crippen LogP contribution < -0.4 is 5.32 Å². The quantitative estimate of drug-likeness (QED) is 0.848. The van der Waals surface area contributed by atoms with Gasteiger partial charge in [-0.15, -0.1) is 0 Å². The third-order valence-corrected chi connectivity index (χ3v) is 2.66. The second-order valence-electron chi connectivity index (χ2n) is 3.90. The molecule has 0 amide bonds. The van der Waals surface area contributed by atoms with Crippen LogP contribution >= 0.6 is 0 Å². The first-order valence-electron chi connectivity index (χ1n) is 5.40. The third kappa shape index (κ3) is 2.81. The van der Waals surface area contributed by atoms with Gasteiger partial charge in [-0.05, 0) is 30.2 Å². The molecule has 0 aliphatic carbocycles. The molecule has 2 aromatic rings. The highest BCUT2D eigenvalue weighted by molar-refractivity contribution is 5.45. The molecule has 0 atom stereocenters. The maximum atomic E-state index is 13.4. The Morgan fingerprint density at radius 1 is 1.06 bits per heavy atom. The number of anilines is 1. The summed E-state index contributed by atoms with van der Waals surface area (Å²) in [5, 5.41) is 2.96. The molecule has 0 spiro atoms. The molecule has 0 unspecified atom stereocenters. The first-order chi connectivity index (χ1) is 8.16. The van der Waals surface area contributed by atoms with Gasteiger partial charge >= 0.3 is 0 Å². The molecular formula is C14H13F2N. The topological polar surface area (TPSA) is 12.0 Å². The lowest BCUT2D eigenvalue weighted by atomic mass is 10.1. The minimum Gasteiger partial charge on any atom is -0.379 e. The molecule has 1 N–H and O–H groups in total. The highest BCUT2D eigenvalue weighted by atomic mass is 19.1. The van der Waals surface area contributed by atoms with Crippen molar-refractivity contribution in [1.29, 1.82) is 0 Å². The molecule has 0 aliphatic heterocycles. The van der Waals surface area contributed by atoms with Crippen LogP contribution in [0.2, 0.25) is 0 Å². The predicted octanol–water partition coefficient (Wildman–Crippen LogP) is 3.89. The van der Waals surface area contributed by atoms with E-state index in [0.717, 1.165) is 17.2 Å². The summed E-state index contributed by atoms with van der Waals surface area (Å²) in [7, 11) is 0. The fraction of sp³-hybridized carbons (Fsp3) is 0.143. The molecule has 88 valence electrons. The second kappa shape index (κ2) is 4.95. The zero-order valence-corrected chi connectivity index (χ0v) is 9.50. The van der Waals surface area contributed by atoms with Gasteiger partial charge in [-0.1, -0.05) is 24.3 Å². The monoisotopic (exact) mass is 233 g/mol. The van der Waals surface area contributed by atoms with Crippen molar-refractivity contribution in [2.45, 2.75) is 13.5 Å². The normalized spacial score (nSPS) is 10.3. The van der Waals surface area contributed by atoms with Crippen molar-refractivity contribution in [3.63, 3.8) is 0 Å². The van der Waals surface area contributed by atoms with E-state index in [1.165, 1.54) is 12.1 Å². The fourth-order valence-corrected chi connectivity index (χ4v) is 1.63. The van der Waals surface area contributed by atoms with Gasteiger partial charge in [0.15, 0.2) is 0 Å². The summed E-state index contributed by atoms with van der Waals surface area (Å²) in [4.78, 5) is 0. The Labute approximate surface area is 99.1 Å². The van der Waals surface area contributed by atoms with Gasteiger partial charge in [-0.3, -0.25) is 0 Å². The van der Waals surface area contributed by atoms with Crippen LogP contribution in [-0.4, -0.2) is 0 Å². The first kappa shape index (κ1) is 11.6. The van der Waals surface area contributed by atoms with E-state index in [0.29, 0.717) is 12.2 Å². The lowest BCUT2D eigenvalue weighted by Gasteiger charge is -2.09. The smallest absolute Gasteiger partial charge is 0.149 e. The summed E-state index contributed by atoms with van der Waals surface area (Å²) in [5.74, 6) is -1.14. The Morgan fingerprint density at radius 3 is 2.53 bits per heavy atom. The number of rotatable bonds is 3. The Bertz CT molecular complexity index is 523. The van der Waals surface area contributed by atoms with Gasteiger partial charge in [0.2, 0.25) is 0 Å². The molecule has 3 heteroatoms. The standard InChI is InChI=1S/C14H13F2N/c1-10-4-2-3-5-11(10)9-17-14-7-6-12(15)8-13(14)16/h2-8,17H,9H2,1H3. The van der Waals surface area contributed by atoms with Crippen molar-refractivity contribution in [3.05, 3.63) is 65.2 Å². The summed E-state index contributed by atoms with van der Waals surface area (Å²) in [6.07, 6.45) is 0. The Morgan fingerprint density at radius 2 is 1.82 bits per heavy atom. The number of benzene rings is 2. The van der Waals surface area contributed by atoms with Crippen molar-refractivity contribution in [1.82, 2.24) is 0 Å².